The molecule has 1 N–H and O–H groups in total. The SMILES string of the molecule is CC(C)CCOc1cccc(C(=O)Nc2cccc(C(=O)N3CCOCC3)c2)c1. The minimum atomic E-state index is -0.240. The lowest BCUT2D eigenvalue weighted by molar-refractivity contribution is 0.0303. The Morgan fingerprint density at radius 2 is 1.79 bits per heavy atom. The van der Waals surface area contributed by atoms with Gasteiger partial charge in [0.05, 0.1) is 19.8 Å². The van der Waals surface area contributed by atoms with Crippen molar-refractivity contribution in [2.24, 2.45) is 5.92 Å². The van der Waals surface area contributed by atoms with Crippen molar-refractivity contribution in [3.8, 4) is 5.75 Å². The summed E-state index contributed by atoms with van der Waals surface area (Å²) in [7, 11) is 0. The number of hydrogen-bond donors (Lipinski definition) is 1. The summed E-state index contributed by atoms with van der Waals surface area (Å²) in [5, 5.41) is 2.87. The Hall–Kier alpha value is -2.86. The van der Waals surface area contributed by atoms with Crippen LogP contribution < -0.4 is 10.1 Å². The Kier molecular flexibility index (Phi) is 7.25. The third-order valence-corrected chi connectivity index (χ3v) is 4.73. The molecule has 2 amide bonds. The van der Waals surface area contributed by atoms with Gasteiger partial charge in [-0.1, -0.05) is 26.0 Å². The second-order valence-electron chi connectivity index (χ2n) is 7.50. The molecule has 6 nitrogen and oxygen atoms in total. The number of ether oxygens (including phenoxy) is 2. The van der Waals surface area contributed by atoms with E-state index in [4.69, 9.17) is 9.47 Å². The van der Waals surface area contributed by atoms with Gasteiger partial charge in [-0.2, -0.15) is 0 Å². The van der Waals surface area contributed by atoms with Crippen LogP contribution in [0.1, 0.15) is 41.0 Å². The summed E-state index contributed by atoms with van der Waals surface area (Å²) >= 11 is 0. The third kappa shape index (κ3) is 6.06. The van der Waals surface area contributed by atoms with Crippen molar-refractivity contribution in [2.45, 2.75) is 20.3 Å². The van der Waals surface area contributed by atoms with Crippen LogP contribution in [0.5, 0.6) is 5.75 Å². The summed E-state index contributed by atoms with van der Waals surface area (Å²) in [6.07, 6.45) is 0.959. The minimum absolute atomic E-state index is 0.0510. The zero-order valence-electron chi connectivity index (χ0n) is 17.0. The van der Waals surface area contributed by atoms with E-state index in [1.165, 1.54) is 0 Å². The van der Waals surface area contributed by atoms with Crippen molar-refractivity contribution in [1.82, 2.24) is 4.90 Å². The van der Waals surface area contributed by atoms with Gasteiger partial charge in [0.15, 0.2) is 0 Å². The average Bonchev–Trinajstić information content (AvgIpc) is 2.74. The van der Waals surface area contributed by atoms with Gasteiger partial charge in [-0.3, -0.25) is 9.59 Å². The standard InChI is InChI=1S/C23H28N2O4/c1-17(2)9-12-29-21-8-4-5-18(16-21)22(26)24-20-7-3-6-19(15-20)23(27)25-10-13-28-14-11-25/h3-8,15-17H,9-14H2,1-2H3,(H,24,26). The van der Waals surface area contributed by atoms with Gasteiger partial charge in [0, 0.05) is 29.9 Å². The van der Waals surface area contributed by atoms with Gasteiger partial charge in [0.2, 0.25) is 0 Å². The molecule has 2 aromatic rings. The van der Waals surface area contributed by atoms with Gasteiger partial charge in [-0.05, 0) is 48.7 Å². The molecule has 29 heavy (non-hydrogen) atoms. The maximum atomic E-state index is 12.7. The number of benzene rings is 2. The van der Waals surface area contributed by atoms with Crippen LogP contribution in [-0.4, -0.2) is 49.6 Å². The third-order valence-electron chi connectivity index (χ3n) is 4.73. The summed E-state index contributed by atoms with van der Waals surface area (Å²) < 4.78 is 11.0. The molecular formula is C23H28N2O4. The molecule has 6 heteroatoms. The Labute approximate surface area is 171 Å². The van der Waals surface area contributed by atoms with Crippen LogP contribution in [0.3, 0.4) is 0 Å². The molecule has 1 aliphatic heterocycles. The first-order valence-corrected chi connectivity index (χ1v) is 10.0. The molecule has 0 unspecified atom stereocenters. The van der Waals surface area contributed by atoms with Gasteiger partial charge in [-0.15, -0.1) is 0 Å². The number of rotatable bonds is 7. The number of amides is 2. The Bertz CT molecular complexity index is 844. The highest BCUT2D eigenvalue weighted by atomic mass is 16.5. The molecule has 0 spiro atoms. The smallest absolute Gasteiger partial charge is 0.255 e. The van der Waals surface area contributed by atoms with Gasteiger partial charge in [0.25, 0.3) is 11.8 Å². The van der Waals surface area contributed by atoms with E-state index in [0.29, 0.717) is 61.4 Å². The first kappa shape index (κ1) is 20.9. The second kappa shape index (κ2) is 10.1. The quantitative estimate of drug-likeness (QED) is 0.772. The number of hydrogen-bond acceptors (Lipinski definition) is 4. The van der Waals surface area contributed by atoms with E-state index in [9.17, 15) is 9.59 Å². The lowest BCUT2D eigenvalue weighted by Crippen LogP contribution is -2.40. The summed E-state index contributed by atoms with van der Waals surface area (Å²) in [6.45, 7) is 7.18. The van der Waals surface area contributed by atoms with Crippen molar-refractivity contribution in [3.63, 3.8) is 0 Å². The number of nitrogens with one attached hydrogen (secondary N) is 1. The molecule has 1 heterocycles. The Morgan fingerprint density at radius 3 is 2.55 bits per heavy atom. The summed E-state index contributed by atoms with van der Waals surface area (Å²) in [5.74, 6) is 0.948. The average molecular weight is 396 g/mol. The predicted molar refractivity (Wildman–Crippen MR) is 113 cm³/mol. The van der Waals surface area contributed by atoms with Gasteiger partial charge in [0.1, 0.15) is 5.75 Å². The normalized spacial score (nSPS) is 14.0. The fraction of sp³-hybridized carbons (Fsp3) is 0.391. The van der Waals surface area contributed by atoms with Crippen LogP contribution in [0.15, 0.2) is 48.5 Å². The summed E-state index contributed by atoms with van der Waals surface area (Å²) in [5.41, 5.74) is 1.65. The van der Waals surface area contributed by atoms with Crippen LogP contribution in [0.25, 0.3) is 0 Å². The van der Waals surface area contributed by atoms with Crippen molar-refractivity contribution in [2.75, 3.05) is 38.2 Å². The van der Waals surface area contributed by atoms with Crippen molar-refractivity contribution in [3.05, 3.63) is 59.7 Å². The molecule has 154 valence electrons. The lowest BCUT2D eigenvalue weighted by atomic mass is 10.1. The van der Waals surface area contributed by atoms with Crippen molar-refractivity contribution in [1.29, 1.82) is 0 Å². The molecular weight excluding hydrogens is 368 g/mol. The highest BCUT2D eigenvalue weighted by Gasteiger charge is 2.19. The monoisotopic (exact) mass is 396 g/mol. The van der Waals surface area contributed by atoms with Crippen LogP contribution in [0.2, 0.25) is 0 Å². The molecule has 1 fully saturated rings. The van der Waals surface area contributed by atoms with E-state index in [0.717, 1.165) is 6.42 Å². The largest absolute Gasteiger partial charge is 0.494 e. The molecule has 0 aliphatic carbocycles. The molecule has 0 saturated carbocycles. The Balaban J connectivity index is 1.64. The number of carbonyl (C=O) groups is 2. The molecule has 3 rings (SSSR count). The number of anilines is 1. The van der Waals surface area contributed by atoms with E-state index in [-0.39, 0.29) is 11.8 Å². The molecule has 0 bridgehead atoms. The topological polar surface area (TPSA) is 67.9 Å². The van der Waals surface area contributed by atoms with Crippen LogP contribution in [-0.2, 0) is 4.74 Å². The molecule has 0 aromatic heterocycles. The van der Waals surface area contributed by atoms with Gasteiger partial charge >= 0.3 is 0 Å². The van der Waals surface area contributed by atoms with Crippen LogP contribution in [0, 0.1) is 5.92 Å². The lowest BCUT2D eigenvalue weighted by Gasteiger charge is -2.27. The minimum Gasteiger partial charge on any atom is -0.494 e. The number of nitrogens with zero attached hydrogens (tertiary/aromatic N) is 1. The molecule has 1 saturated heterocycles. The highest BCUT2D eigenvalue weighted by Crippen LogP contribution is 2.18. The first-order valence-electron chi connectivity index (χ1n) is 10.0. The number of morpholine rings is 1. The maximum Gasteiger partial charge on any atom is 0.255 e. The molecule has 0 atom stereocenters. The zero-order valence-corrected chi connectivity index (χ0v) is 17.0. The summed E-state index contributed by atoms with van der Waals surface area (Å²) in [4.78, 5) is 27.1. The highest BCUT2D eigenvalue weighted by molar-refractivity contribution is 6.05. The van der Waals surface area contributed by atoms with Crippen LogP contribution in [0.4, 0.5) is 5.69 Å². The van der Waals surface area contributed by atoms with Gasteiger partial charge in [-0.25, -0.2) is 0 Å². The van der Waals surface area contributed by atoms with Crippen LogP contribution >= 0.6 is 0 Å². The van der Waals surface area contributed by atoms with Crippen molar-refractivity contribution < 1.29 is 19.1 Å². The zero-order chi connectivity index (χ0) is 20.6. The molecule has 0 radical (unpaired) electrons. The predicted octanol–water partition coefficient (Wildman–Crippen LogP) is 3.84. The Morgan fingerprint density at radius 1 is 1.07 bits per heavy atom. The van der Waals surface area contributed by atoms with Crippen molar-refractivity contribution >= 4 is 17.5 Å². The van der Waals surface area contributed by atoms with E-state index >= 15 is 0 Å². The van der Waals surface area contributed by atoms with Gasteiger partial charge < -0.3 is 19.7 Å². The van der Waals surface area contributed by atoms with E-state index < -0.39 is 0 Å². The fourth-order valence-electron chi connectivity index (χ4n) is 3.02. The first-order chi connectivity index (χ1) is 14.0. The fourth-order valence-corrected chi connectivity index (χ4v) is 3.02. The second-order valence-corrected chi connectivity index (χ2v) is 7.50. The van der Waals surface area contributed by atoms with E-state index in [1.807, 2.05) is 6.07 Å². The van der Waals surface area contributed by atoms with E-state index in [1.54, 1.807) is 47.4 Å². The maximum absolute atomic E-state index is 12.7. The number of carbonyl (C=O) groups excluding carboxylic acids is 2. The summed E-state index contributed by atoms with van der Waals surface area (Å²) in [6, 6.07) is 14.1. The molecule has 1 aliphatic rings. The molecule has 2 aromatic carbocycles. The van der Waals surface area contributed by atoms with E-state index in [2.05, 4.69) is 19.2 Å².